The molecular weight excluding hydrogens is 512 g/mol. The normalized spacial score (nSPS) is 10.6. The standard InChI is InChI=1S/C27H22N2O6S2/c30-24-14-18(26(32)33)5-11-22(24)28-36-20-7-1-16(2-8-20)13-17-3-9-21(10-4-17)37-29-23-12-6-19(27(34)35)15-25(23)31/h1-12,14-15,28-31H,13H2,(H,32,33)(H,34,35). The SMILES string of the molecule is O=C(O)c1ccc(NSc2ccc(Cc3ccc(SNc4ccc(C(=O)O)cc4O)cc3)cc2)c(O)c1. The van der Waals surface area contributed by atoms with Gasteiger partial charge in [0.05, 0.1) is 22.5 Å². The van der Waals surface area contributed by atoms with Crippen molar-refractivity contribution in [2.75, 3.05) is 9.44 Å². The molecule has 0 fully saturated rings. The highest BCUT2D eigenvalue weighted by atomic mass is 32.2. The van der Waals surface area contributed by atoms with E-state index in [0.29, 0.717) is 11.4 Å². The number of phenols is 2. The molecular formula is C27H22N2O6S2. The van der Waals surface area contributed by atoms with Gasteiger partial charge in [-0.05, 0) is 102 Å². The average Bonchev–Trinajstić information content (AvgIpc) is 2.88. The molecule has 0 bridgehead atoms. The fraction of sp³-hybridized carbons (Fsp3) is 0.0370. The highest BCUT2D eigenvalue weighted by molar-refractivity contribution is 8.00. The number of nitrogens with one attached hydrogen (secondary N) is 2. The Morgan fingerprint density at radius 2 is 0.973 bits per heavy atom. The maximum atomic E-state index is 11.0. The van der Waals surface area contributed by atoms with E-state index >= 15 is 0 Å². The van der Waals surface area contributed by atoms with Crippen molar-refractivity contribution in [3.05, 3.63) is 107 Å². The highest BCUT2D eigenvalue weighted by Crippen LogP contribution is 2.31. The van der Waals surface area contributed by atoms with Crippen LogP contribution >= 0.6 is 23.9 Å². The van der Waals surface area contributed by atoms with Crippen molar-refractivity contribution in [3.63, 3.8) is 0 Å². The number of benzene rings is 4. The summed E-state index contributed by atoms with van der Waals surface area (Å²) < 4.78 is 6.06. The van der Waals surface area contributed by atoms with Gasteiger partial charge in [0.25, 0.3) is 0 Å². The summed E-state index contributed by atoms with van der Waals surface area (Å²) in [5.41, 5.74) is 3.15. The van der Waals surface area contributed by atoms with Gasteiger partial charge in [-0.3, -0.25) is 0 Å². The van der Waals surface area contributed by atoms with Gasteiger partial charge in [-0.2, -0.15) is 0 Å². The van der Waals surface area contributed by atoms with Crippen molar-refractivity contribution in [2.24, 2.45) is 0 Å². The topological polar surface area (TPSA) is 139 Å². The largest absolute Gasteiger partial charge is 0.506 e. The van der Waals surface area contributed by atoms with Crippen LogP contribution in [0.4, 0.5) is 11.4 Å². The Kier molecular flexibility index (Phi) is 8.11. The first-order valence-electron chi connectivity index (χ1n) is 10.9. The Morgan fingerprint density at radius 3 is 1.30 bits per heavy atom. The zero-order valence-corrected chi connectivity index (χ0v) is 20.8. The van der Waals surface area contributed by atoms with E-state index in [1.807, 2.05) is 48.5 Å². The summed E-state index contributed by atoms with van der Waals surface area (Å²) >= 11 is 2.62. The summed E-state index contributed by atoms with van der Waals surface area (Å²) in [7, 11) is 0. The van der Waals surface area contributed by atoms with Crippen molar-refractivity contribution in [2.45, 2.75) is 16.2 Å². The Morgan fingerprint density at radius 1 is 0.595 bits per heavy atom. The van der Waals surface area contributed by atoms with Crippen LogP contribution < -0.4 is 9.44 Å². The molecule has 0 saturated heterocycles. The van der Waals surface area contributed by atoms with Gasteiger partial charge in [0.15, 0.2) is 0 Å². The zero-order chi connectivity index (χ0) is 26.4. The number of aromatic hydroxyl groups is 2. The van der Waals surface area contributed by atoms with Crippen LogP contribution in [0.1, 0.15) is 31.8 Å². The molecule has 8 nitrogen and oxygen atoms in total. The molecule has 0 unspecified atom stereocenters. The second kappa shape index (κ2) is 11.6. The Labute approximate surface area is 221 Å². The lowest BCUT2D eigenvalue weighted by molar-refractivity contribution is 0.0686. The quantitative estimate of drug-likeness (QED) is 0.101. The van der Waals surface area contributed by atoms with E-state index in [2.05, 4.69) is 9.44 Å². The predicted octanol–water partition coefficient (Wildman–Crippen LogP) is 6.32. The molecule has 0 radical (unpaired) electrons. The first kappa shape index (κ1) is 25.8. The van der Waals surface area contributed by atoms with Gasteiger partial charge in [0.1, 0.15) is 11.5 Å². The summed E-state index contributed by atoms with van der Waals surface area (Å²) in [6, 6.07) is 24.2. The molecule has 6 N–H and O–H groups in total. The van der Waals surface area contributed by atoms with Gasteiger partial charge < -0.3 is 29.9 Å². The number of hydrogen-bond donors (Lipinski definition) is 6. The molecule has 0 heterocycles. The van der Waals surface area contributed by atoms with E-state index in [1.54, 1.807) is 0 Å². The molecule has 4 aromatic rings. The second-order valence-corrected chi connectivity index (χ2v) is 9.71. The number of hydrogen-bond acceptors (Lipinski definition) is 8. The maximum Gasteiger partial charge on any atom is 0.335 e. The first-order chi connectivity index (χ1) is 17.8. The fourth-order valence-electron chi connectivity index (χ4n) is 3.32. The molecule has 37 heavy (non-hydrogen) atoms. The smallest absolute Gasteiger partial charge is 0.335 e. The molecule has 4 rings (SSSR count). The molecule has 0 saturated carbocycles. The number of aromatic carboxylic acids is 2. The number of carboxylic acids is 2. The molecule has 0 amide bonds. The van der Waals surface area contributed by atoms with Gasteiger partial charge in [-0.25, -0.2) is 9.59 Å². The Balaban J connectivity index is 1.29. The summed E-state index contributed by atoms with van der Waals surface area (Å²) in [5.74, 6) is -2.46. The van der Waals surface area contributed by atoms with E-state index in [0.717, 1.165) is 27.3 Å². The lowest BCUT2D eigenvalue weighted by Crippen LogP contribution is -1.96. The van der Waals surface area contributed by atoms with Crippen LogP contribution in [-0.2, 0) is 6.42 Å². The van der Waals surface area contributed by atoms with E-state index in [4.69, 9.17) is 10.2 Å². The van der Waals surface area contributed by atoms with E-state index in [-0.39, 0.29) is 22.6 Å². The number of phenolic OH excluding ortho intramolecular Hbond substituents is 2. The lowest BCUT2D eigenvalue weighted by atomic mass is 10.1. The van der Waals surface area contributed by atoms with Crippen molar-refractivity contribution in [1.82, 2.24) is 0 Å². The number of carboxylic acid groups (broad SMARTS) is 2. The van der Waals surface area contributed by atoms with Crippen molar-refractivity contribution in [3.8, 4) is 11.5 Å². The van der Waals surface area contributed by atoms with E-state index in [9.17, 15) is 19.8 Å². The first-order valence-corrected chi connectivity index (χ1v) is 12.6. The molecule has 0 atom stereocenters. The van der Waals surface area contributed by atoms with Crippen LogP contribution in [0.15, 0.2) is 94.7 Å². The van der Waals surface area contributed by atoms with Crippen LogP contribution in [0.5, 0.6) is 11.5 Å². The summed E-state index contributed by atoms with van der Waals surface area (Å²) in [6.07, 6.45) is 0.742. The third-order valence-corrected chi connectivity index (χ3v) is 6.96. The van der Waals surface area contributed by atoms with Gasteiger partial charge in [-0.1, -0.05) is 24.3 Å². The summed E-state index contributed by atoms with van der Waals surface area (Å²) in [6.45, 7) is 0. The molecule has 0 aromatic heterocycles. The molecule has 0 aliphatic rings. The minimum Gasteiger partial charge on any atom is -0.506 e. The number of anilines is 2. The Bertz CT molecular complexity index is 1320. The van der Waals surface area contributed by atoms with Crippen molar-refractivity contribution < 1.29 is 30.0 Å². The number of carbonyl (C=O) groups is 2. The third kappa shape index (κ3) is 6.90. The monoisotopic (exact) mass is 534 g/mol. The molecule has 0 aliphatic heterocycles. The number of rotatable bonds is 10. The maximum absolute atomic E-state index is 11.0. The van der Waals surface area contributed by atoms with Crippen LogP contribution in [0.2, 0.25) is 0 Å². The molecule has 0 aliphatic carbocycles. The lowest BCUT2D eigenvalue weighted by Gasteiger charge is -2.10. The molecule has 188 valence electrons. The third-order valence-electron chi connectivity index (χ3n) is 5.30. The average molecular weight is 535 g/mol. The van der Waals surface area contributed by atoms with Crippen LogP contribution in [0, 0.1) is 0 Å². The van der Waals surface area contributed by atoms with Crippen molar-refractivity contribution >= 4 is 47.2 Å². The Hall–Kier alpha value is -4.28. The predicted molar refractivity (Wildman–Crippen MR) is 145 cm³/mol. The fourth-order valence-corrected chi connectivity index (χ4v) is 4.66. The van der Waals surface area contributed by atoms with Gasteiger partial charge in [0.2, 0.25) is 0 Å². The molecule has 10 heteroatoms. The second-order valence-electron chi connectivity index (χ2n) is 7.95. The summed E-state index contributed by atoms with van der Waals surface area (Å²) in [5, 5.41) is 38.0. The molecule has 4 aromatic carbocycles. The van der Waals surface area contributed by atoms with Crippen molar-refractivity contribution in [1.29, 1.82) is 0 Å². The van der Waals surface area contributed by atoms with E-state index < -0.39 is 11.9 Å². The molecule has 0 spiro atoms. The minimum atomic E-state index is -1.10. The van der Waals surface area contributed by atoms with Gasteiger partial charge in [-0.15, -0.1) is 0 Å². The van der Waals surface area contributed by atoms with Gasteiger partial charge in [0, 0.05) is 9.79 Å². The highest BCUT2D eigenvalue weighted by Gasteiger charge is 2.09. The van der Waals surface area contributed by atoms with Crippen LogP contribution in [-0.4, -0.2) is 32.4 Å². The zero-order valence-electron chi connectivity index (χ0n) is 19.2. The van der Waals surface area contributed by atoms with Crippen LogP contribution in [0.3, 0.4) is 0 Å². The van der Waals surface area contributed by atoms with Gasteiger partial charge >= 0.3 is 11.9 Å². The van der Waals surface area contributed by atoms with Crippen LogP contribution in [0.25, 0.3) is 0 Å². The minimum absolute atomic E-state index is 0.0202. The summed E-state index contributed by atoms with van der Waals surface area (Å²) in [4.78, 5) is 23.8. The van der Waals surface area contributed by atoms with E-state index in [1.165, 1.54) is 60.3 Å².